The van der Waals surface area contributed by atoms with Crippen molar-refractivity contribution in [2.24, 2.45) is 15.0 Å². The van der Waals surface area contributed by atoms with Crippen molar-refractivity contribution in [2.45, 2.75) is 67.7 Å². The molecule has 1 aromatic rings. The zero-order valence-electron chi connectivity index (χ0n) is 22.3. The first-order valence-corrected chi connectivity index (χ1v) is 12.9. The minimum atomic E-state index is 0.697. The summed E-state index contributed by atoms with van der Waals surface area (Å²) in [5, 5.41) is 10.4. The van der Waals surface area contributed by atoms with Gasteiger partial charge in [0.25, 0.3) is 0 Å². The summed E-state index contributed by atoms with van der Waals surface area (Å²) in [5.41, 5.74) is 16.4. The lowest BCUT2D eigenvalue weighted by Gasteiger charge is -2.08. The lowest BCUT2D eigenvalue weighted by molar-refractivity contribution is 0.476. The number of aliphatic hydroxyl groups excluding tert-OH is 1. The van der Waals surface area contributed by atoms with Gasteiger partial charge in [0, 0.05) is 5.69 Å². The molecule has 0 saturated heterocycles. The average Bonchev–Trinajstić information content (AvgIpc) is 3.54. The topological polar surface area (TPSA) is 73.1 Å². The Labute approximate surface area is 213 Å². The predicted octanol–water partition coefficient (Wildman–Crippen LogP) is 7.89. The van der Waals surface area contributed by atoms with Crippen LogP contribution in [-0.4, -0.2) is 27.2 Å². The highest BCUT2D eigenvalue weighted by Crippen LogP contribution is 2.38. The number of fused-ring (bicyclic) bond motifs is 5. The van der Waals surface area contributed by atoms with Crippen molar-refractivity contribution in [3.05, 3.63) is 92.0 Å². The van der Waals surface area contributed by atoms with Gasteiger partial charge in [-0.15, -0.1) is 0 Å². The maximum absolute atomic E-state index is 10.4. The molecule has 4 aliphatic rings. The fraction of sp³-hybridized carbons (Fsp3) is 0.323. The van der Waals surface area contributed by atoms with Gasteiger partial charge in [-0.3, -0.25) is 0 Å². The maximum Gasteiger partial charge on any atom is 0.0906 e. The summed E-state index contributed by atoms with van der Waals surface area (Å²) >= 11 is 0. The summed E-state index contributed by atoms with van der Waals surface area (Å²) in [6, 6.07) is 2.08. The Morgan fingerprint density at radius 2 is 1.28 bits per heavy atom. The minimum absolute atomic E-state index is 0.697. The molecule has 0 spiro atoms. The number of rotatable bonds is 3. The molecule has 184 valence electrons. The molecular formula is C31H34N4O. The lowest BCUT2D eigenvalue weighted by Crippen LogP contribution is -2.04. The van der Waals surface area contributed by atoms with Crippen LogP contribution in [0.25, 0.3) is 11.6 Å². The summed E-state index contributed by atoms with van der Waals surface area (Å²) in [5.74, 6) is 0. The molecule has 8 bridgehead atoms. The van der Waals surface area contributed by atoms with Crippen molar-refractivity contribution in [1.29, 1.82) is 0 Å². The van der Waals surface area contributed by atoms with Crippen molar-refractivity contribution in [3.63, 3.8) is 0 Å². The number of allylic oxidation sites excluding steroid dienone is 9. The smallest absolute Gasteiger partial charge is 0.0906 e. The van der Waals surface area contributed by atoms with E-state index in [1.165, 1.54) is 28.6 Å². The molecule has 5 nitrogen and oxygen atoms in total. The molecule has 0 aliphatic carbocycles. The highest BCUT2D eigenvalue weighted by molar-refractivity contribution is 6.33. The van der Waals surface area contributed by atoms with E-state index in [0.717, 1.165) is 81.6 Å². The molecule has 0 fully saturated rings. The summed E-state index contributed by atoms with van der Waals surface area (Å²) in [6.07, 6.45) is 10.2. The van der Waals surface area contributed by atoms with Crippen molar-refractivity contribution in [3.8, 4) is 0 Å². The van der Waals surface area contributed by atoms with E-state index in [-0.39, 0.29) is 0 Å². The molecule has 0 atom stereocenters. The Balaban J connectivity index is 1.82. The number of aryl methyl sites for hydroxylation is 1. The molecule has 5 heterocycles. The normalized spacial score (nSPS) is 20.7. The Bertz CT molecular complexity index is 1500. The number of aromatic nitrogens is 1. The van der Waals surface area contributed by atoms with E-state index in [1.54, 1.807) is 0 Å². The third-order valence-electron chi connectivity index (χ3n) is 7.75. The number of aliphatic hydroxyl groups is 1. The molecule has 0 radical (unpaired) electrons. The number of hydrogen-bond acceptors (Lipinski definition) is 4. The van der Waals surface area contributed by atoms with Crippen LogP contribution in [0.4, 0.5) is 0 Å². The van der Waals surface area contributed by atoms with Crippen LogP contribution in [0.15, 0.2) is 90.0 Å². The molecular weight excluding hydrogens is 444 g/mol. The SMILES string of the molecule is CCC1=C(C)C2=NC1=CC1=NC(=Cc3[nH]c(cc3C)C(=CO)C3=NC(=C2)C(C)=C3CC)C(CC)=C1C. The fourth-order valence-corrected chi connectivity index (χ4v) is 5.59. The molecule has 0 aromatic carbocycles. The van der Waals surface area contributed by atoms with Gasteiger partial charge in [0.2, 0.25) is 0 Å². The van der Waals surface area contributed by atoms with E-state index in [4.69, 9.17) is 15.0 Å². The zero-order valence-corrected chi connectivity index (χ0v) is 22.3. The van der Waals surface area contributed by atoms with Crippen molar-refractivity contribution >= 4 is 28.8 Å². The second-order valence-electron chi connectivity index (χ2n) is 9.74. The molecule has 0 unspecified atom stereocenters. The second-order valence-corrected chi connectivity index (χ2v) is 9.74. The summed E-state index contributed by atoms with van der Waals surface area (Å²) in [7, 11) is 0. The van der Waals surface area contributed by atoms with Crippen LogP contribution >= 0.6 is 0 Å². The van der Waals surface area contributed by atoms with Gasteiger partial charge in [0.1, 0.15) is 0 Å². The van der Waals surface area contributed by atoms with Crippen LogP contribution < -0.4 is 0 Å². The predicted molar refractivity (Wildman–Crippen MR) is 152 cm³/mol. The number of H-pyrrole nitrogens is 1. The summed E-state index contributed by atoms with van der Waals surface area (Å²) in [6.45, 7) is 15.0. The summed E-state index contributed by atoms with van der Waals surface area (Å²) < 4.78 is 0. The Morgan fingerprint density at radius 1 is 0.722 bits per heavy atom. The van der Waals surface area contributed by atoms with E-state index in [9.17, 15) is 5.11 Å². The van der Waals surface area contributed by atoms with Crippen LogP contribution in [0.2, 0.25) is 0 Å². The molecule has 5 rings (SSSR count). The maximum atomic E-state index is 10.4. The number of hydrogen-bond donors (Lipinski definition) is 2. The number of nitrogens with one attached hydrogen (secondary N) is 1. The quantitative estimate of drug-likeness (QED) is 0.426. The van der Waals surface area contributed by atoms with Gasteiger partial charge in [-0.1, -0.05) is 20.8 Å². The molecule has 36 heavy (non-hydrogen) atoms. The van der Waals surface area contributed by atoms with E-state index < -0.39 is 0 Å². The van der Waals surface area contributed by atoms with Crippen molar-refractivity contribution in [2.75, 3.05) is 0 Å². The first-order chi connectivity index (χ1) is 17.3. The van der Waals surface area contributed by atoms with E-state index in [2.05, 4.69) is 77.7 Å². The van der Waals surface area contributed by atoms with Gasteiger partial charge in [-0.25, -0.2) is 15.0 Å². The zero-order chi connectivity index (χ0) is 25.7. The van der Waals surface area contributed by atoms with Crippen LogP contribution in [0.3, 0.4) is 0 Å². The van der Waals surface area contributed by atoms with Crippen LogP contribution in [-0.2, 0) is 0 Å². The number of aliphatic imine (C=N–C) groups is 3. The number of nitrogens with zero attached hydrogens (tertiary/aromatic N) is 3. The van der Waals surface area contributed by atoms with Crippen molar-refractivity contribution in [1.82, 2.24) is 4.98 Å². The first kappa shape index (κ1) is 24.0. The Kier molecular flexibility index (Phi) is 6.03. The molecule has 0 saturated carbocycles. The van der Waals surface area contributed by atoms with Crippen LogP contribution in [0.5, 0.6) is 0 Å². The first-order valence-electron chi connectivity index (χ1n) is 12.9. The summed E-state index contributed by atoms with van der Waals surface area (Å²) in [4.78, 5) is 18.7. The van der Waals surface area contributed by atoms with Gasteiger partial charge in [0.15, 0.2) is 0 Å². The average molecular weight is 479 g/mol. The molecule has 0 amide bonds. The number of aromatic amines is 1. The van der Waals surface area contributed by atoms with Gasteiger partial charge in [-0.05, 0) is 110 Å². The van der Waals surface area contributed by atoms with E-state index in [1.807, 2.05) is 0 Å². The van der Waals surface area contributed by atoms with Crippen molar-refractivity contribution < 1.29 is 5.11 Å². The standard InChI is InChI=1S/C31H34N4O/c1-8-20-18(6)26-14-30-21(9-2)17(5)25(33-30)13-27-19(7)22(10-3)31(35-27)23(15-36)28-11-16(4)24(32-28)12-29(20)34-26/h11-15,32,36H,8-10H2,1-7H3. The third kappa shape index (κ3) is 3.65. The minimum Gasteiger partial charge on any atom is -0.515 e. The highest BCUT2D eigenvalue weighted by atomic mass is 16.2. The van der Waals surface area contributed by atoms with E-state index >= 15 is 0 Å². The molecule has 2 N–H and O–H groups in total. The van der Waals surface area contributed by atoms with Gasteiger partial charge >= 0.3 is 0 Å². The lowest BCUT2D eigenvalue weighted by atomic mass is 9.96. The van der Waals surface area contributed by atoms with Crippen LogP contribution in [0.1, 0.15) is 77.8 Å². The van der Waals surface area contributed by atoms with Crippen LogP contribution in [0, 0.1) is 6.92 Å². The Morgan fingerprint density at radius 3 is 1.83 bits per heavy atom. The van der Waals surface area contributed by atoms with Gasteiger partial charge in [0.05, 0.1) is 51.8 Å². The largest absolute Gasteiger partial charge is 0.515 e. The monoisotopic (exact) mass is 478 g/mol. The third-order valence-corrected chi connectivity index (χ3v) is 7.75. The second kappa shape index (κ2) is 9.05. The fourth-order valence-electron chi connectivity index (χ4n) is 5.59. The Hall–Kier alpha value is -3.73. The molecule has 5 heteroatoms. The van der Waals surface area contributed by atoms with Gasteiger partial charge < -0.3 is 10.1 Å². The van der Waals surface area contributed by atoms with E-state index in [0.29, 0.717) is 5.57 Å². The molecule has 1 aromatic heterocycles. The molecule has 4 aliphatic heterocycles. The van der Waals surface area contributed by atoms with Gasteiger partial charge in [-0.2, -0.15) is 0 Å². The highest BCUT2D eigenvalue weighted by Gasteiger charge is 2.28.